The summed E-state index contributed by atoms with van der Waals surface area (Å²) in [6, 6.07) is 1.66. The lowest BCUT2D eigenvalue weighted by Gasteiger charge is -2.42. The van der Waals surface area contributed by atoms with Crippen LogP contribution in [0, 0.1) is 5.41 Å². The first-order valence-corrected chi connectivity index (χ1v) is 6.65. The second kappa shape index (κ2) is 5.13. The van der Waals surface area contributed by atoms with Gasteiger partial charge in [0.05, 0.1) is 5.02 Å². The van der Waals surface area contributed by atoms with Crippen molar-refractivity contribution in [2.75, 3.05) is 6.54 Å². The first-order chi connectivity index (χ1) is 8.15. The lowest BCUT2D eigenvalue weighted by atomic mass is 9.66. The van der Waals surface area contributed by atoms with Gasteiger partial charge in [-0.25, -0.2) is 0 Å². The highest BCUT2D eigenvalue weighted by Crippen LogP contribution is 2.44. The summed E-state index contributed by atoms with van der Waals surface area (Å²) in [4.78, 5) is 14.7. The Bertz CT molecular complexity index is 396. The van der Waals surface area contributed by atoms with Crippen LogP contribution in [-0.2, 0) is 0 Å². The van der Waals surface area contributed by atoms with E-state index >= 15 is 0 Å². The van der Waals surface area contributed by atoms with Gasteiger partial charge in [0.2, 0.25) is 0 Å². The van der Waals surface area contributed by atoms with Crippen molar-refractivity contribution >= 4 is 17.5 Å². The predicted octanol–water partition coefficient (Wildman–Crippen LogP) is 3.37. The average Bonchev–Trinajstić information content (AvgIpc) is 2.68. The van der Waals surface area contributed by atoms with E-state index in [1.165, 1.54) is 32.1 Å². The minimum Gasteiger partial charge on any atom is -0.356 e. The first-order valence-electron chi connectivity index (χ1n) is 6.27. The van der Waals surface area contributed by atoms with E-state index in [4.69, 9.17) is 11.6 Å². The molecule has 0 unspecified atom stereocenters. The van der Waals surface area contributed by atoms with Gasteiger partial charge in [0.25, 0.3) is 5.91 Å². The number of H-pyrrole nitrogens is 1. The molecule has 1 aliphatic rings. The molecule has 0 atom stereocenters. The number of hydrogen-bond acceptors (Lipinski definition) is 1. The standard InChI is InChI=1S/C13H19ClN2O/c1-2-4-13(5-3-6-13)9-16-12(17)11-7-10(14)8-15-11/h7-8,15H,2-6,9H2,1H3,(H,16,17). The van der Waals surface area contributed by atoms with Crippen molar-refractivity contribution in [3.8, 4) is 0 Å². The molecule has 1 saturated carbocycles. The number of halogens is 1. The second-order valence-corrected chi connectivity index (χ2v) is 5.45. The van der Waals surface area contributed by atoms with Gasteiger partial charge in [0.1, 0.15) is 5.69 Å². The highest BCUT2D eigenvalue weighted by molar-refractivity contribution is 6.30. The van der Waals surface area contributed by atoms with Gasteiger partial charge < -0.3 is 10.3 Å². The number of amides is 1. The summed E-state index contributed by atoms with van der Waals surface area (Å²) >= 11 is 5.77. The first kappa shape index (κ1) is 12.5. The van der Waals surface area contributed by atoms with Crippen LogP contribution >= 0.6 is 11.6 Å². The number of nitrogens with one attached hydrogen (secondary N) is 2. The predicted molar refractivity (Wildman–Crippen MR) is 69.3 cm³/mol. The molecule has 3 nitrogen and oxygen atoms in total. The van der Waals surface area contributed by atoms with Crippen molar-refractivity contribution in [1.82, 2.24) is 10.3 Å². The maximum absolute atomic E-state index is 11.8. The molecule has 0 radical (unpaired) electrons. The smallest absolute Gasteiger partial charge is 0.267 e. The summed E-state index contributed by atoms with van der Waals surface area (Å²) in [7, 11) is 0. The van der Waals surface area contributed by atoms with Crippen LogP contribution in [0.5, 0.6) is 0 Å². The molecule has 4 heteroatoms. The Labute approximate surface area is 107 Å². The van der Waals surface area contributed by atoms with Gasteiger partial charge in [-0.05, 0) is 30.7 Å². The quantitative estimate of drug-likeness (QED) is 0.831. The SMILES string of the molecule is CCCC1(CNC(=O)c2cc(Cl)c[nH]2)CCC1. The number of hydrogen-bond donors (Lipinski definition) is 2. The monoisotopic (exact) mass is 254 g/mol. The highest BCUT2D eigenvalue weighted by Gasteiger charge is 2.36. The summed E-state index contributed by atoms with van der Waals surface area (Å²) in [5, 5.41) is 3.58. The number of rotatable bonds is 5. The van der Waals surface area contributed by atoms with E-state index in [2.05, 4.69) is 17.2 Å². The Kier molecular flexibility index (Phi) is 3.77. The second-order valence-electron chi connectivity index (χ2n) is 5.02. The van der Waals surface area contributed by atoms with E-state index in [0.717, 1.165) is 6.54 Å². The molecule has 0 spiro atoms. The molecule has 0 bridgehead atoms. The van der Waals surface area contributed by atoms with E-state index in [0.29, 0.717) is 16.1 Å². The fourth-order valence-electron chi connectivity index (χ4n) is 2.58. The van der Waals surface area contributed by atoms with E-state index in [1.54, 1.807) is 12.3 Å². The fourth-order valence-corrected chi connectivity index (χ4v) is 2.75. The van der Waals surface area contributed by atoms with Crippen LogP contribution in [-0.4, -0.2) is 17.4 Å². The Morgan fingerprint density at radius 1 is 1.59 bits per heavy atom. The van der Waals surface area contributed by atoms with Crippen LogP contribution in [0.3, 0.4) is 0 Å². The number of aromatic nitrogens is 1. The van der Waals surface area contributed by atoms with Gasteiger partial charge in [-0.2, -0.15) is 0 Å². The molecule has 1 amide bonds. The van der Waals surface area contributed by atoms with Crippen molar-refractivity contribution < 1.29 is 4.79 Å². The topological polar surface area (TPSA) is 44.9 Å². The molecule has 1 aromatic heterocycles. The third-order valence-electron chi connectivity index (χ3n) is 3.71. The Morgan fingerprint density at radius 3 is 2.82 bits per heavy atom. The number of carbonyl (C=O) groups excluding carboxylic acids is 1. The Hall–Kier alpha value is -0.960. The largest absolute Gasteiger partial charge is 0.356 e. The molecule has 17 heavy (non-hydrogen) atoms. The van der Waals surface area contributed by atoms with Crippen LogP contribution < -0.4 is 5.32 Å². The summed E-state index contributed by atoms with van der Waals surface area (Å²) in [5.74, 6) is -0.0562. The lowest BCUT2D eigenvalue weighted by Crippen LogP contribution is -2.42. The van der Waals surface area contributed by atoms with Crippen LogP contribution in [0.15, 0.2) is 12.3 Å². The molecular weight excluding hydrogens is 236 g/mol. The van der Waals surface area contributed by atoms with Crippen molar-refractivity contribution in [1.29, 1.82) is 0 Å². The van der Waals surface area contributed by atoms with Gasteiger partial charge in [-0.15, -0.1) is 0 Å². The summed E-state index contributed by atoms with van der Waals surface area (Å²) in [5.41, 5.74) is 0.904. The molecule has 0 saturated heterocycles. The Balaban J connectivity index is 1.87. The fraction of sp³-hybridized carbons (Fsp3) is 0.615. The maximum atomic E-state index is 11.8. The Morgan fingerprint density at radius 2 is 2.35 bits per heavy atom. The number of carbonyl (C=O) groups is 1. The van der Waals surface area contributed by atoms with Crippen molar-refractivity contribution in [3.05, 3.63) is 23.0 Å². The van der Waals surface area contributed by atoms with Crippen molar-refractivity contribution in [2.24, 2.45) is 5.41 Å². The normalized spacial score (nSPS) is 17.5. The van der Waals surface area contributed by atoms with E-state index in [9.17, 15) is 4.79 Å². The van der Waals surface area contributed by atoms with Crippen molar-refractivity contribution in [2.45, 2.75) is 39.0 Å². The zero-order chi connectivity index (χ0) is 12.3. The lowest BCUT2D eigenvalue weighted by molar-refractivity contribution is 0.0828. The minimum absolute atomic E-state index is 0.0562. The molecule has 1 aromatic rings. The summed E-state index contributed by atoms with van der Waals surface area (Å²) in [6.45, 7) is 2.99. The van der Waals surface area contributed by atoms with Crippen LogP contribution in [0.2, 0.25) is 5.02 Å². The summed E-state index contributed by atoms with van der Waals surface area (Å²) in [6.07, 6.45) is 7.80. The van der Waals surface area contributed by atoms with Crippen molar-refractivity contribution in [3.63, 3.8) is 0 Å². The van der Waals surface area contributed by atoms with Gasteiger partial charge in [0.15, 0.2) is 0 Å². The average molecular weight is 255 g/mol. The van der Waals surface area contributed by atoms with Gasteiger partial charge in [0, 0.05) is 12.7 Å². The molecule has 1 heterocycles. The van der Waals surface area contributed by atoms with Gasteiger partial charge in [-0.3, -0.25) is 4.79 Å². The molecule has 94 valence electrons. The zero-order valence-corrected chi connectivity index (χ0v) is 10.9. The van der Waals surface area contributed by atoms with E-state index in [1.807, 2.05) is 0 Å². The minimum atomic E-state index is -0.0562. The third-order valence-corrected chi connectivity index (χ3v) is 3.93. The van der Waals surface area contributed by atoms with Crippen LogP contribution in [0.4, 0.5) is 0 Å². The van der Waals surface area contributed by atoms with Crippen LogP contribution in [0.25, 0.3) is 0 Å². The molecule has 1 aliphatic carbocycles. The van der Waals surface area contributed by atoms with Gasteiger partial charge in [-0.1, -0.05) is 31.4 Å². The molecule has 1 fully saturated rings. The molecule has 0 aliphatic heterocycles. The summed E-state index contributed by atoms with van der Waals surface area (Å²) < 4.78 is 0. The zero-order valence-electron chi connectivity index (χ0n) is 10.2. The van der Waals surface area contributed by atoms with E-state index in [-0.39, 0.29) is 5.91 Å². The molecule has 2 rings (SSSR count). The molecular formula is C13H19ClN2O. The third kappa shape index (κ3) is 2.83. The maximum Gasteiger partial charge on any atom is 0.267 e. The van der Waals surface area contributed by atoms with Gasteiger partial charge >= 0.3 is 0 Å². The molecule has 0 aromatic carbocycles. The highest BCUT2D eigenvalue weighted by atomic mass is 35.5. The van der Waals surface area contributed by atoms with E-state index < -0.39 is 0 Å². The number of aromatic amines is 1. The molecule has 2 N–H and O–H groups in total. The van der Waals surface area contributed by atoms with Crippen LogP contribution in [0.1, 0.15) is 49.5 Å².